The van der Waals surface area contributed by atoms with Crippen LogP contribution in [0.3, 0.4) is 0 Å². The molecular formula is C28H39N3O2. The Kier molecular flexibility index (Phi) is 5.88. The zero-order valence-electron chi connectivity index (χ0n) is 20.6. The largest absolute Gasteiger partial charge is 0.428 e. The molecule has 4 aliphatic rings. The first-order valence-corrected chi connectivity index (χ1v) is 12.8. The van der Waals surface area contributed by atoms with Crippen LogP contribution in [0.25, 0.3) is 5.57 Å². The zero-order valence-corrected chi connectivity index (χ0v) is 20.6. The summed E-state index contributed by atoms with van der Waals surface area (Å²) >= 11 is 0. The van der Waals surface area contributed by atoms with Gasteiger partial charge in [0.15, 0.2) is 0 Å². The summed E-state index contributed by atoms with van der Waals surface area (Å²) in [5, 5.41) is 0. The van der Waals surface area contributed by atoms with Crippen LogP contribution >= 0.6 is 0 Å². The standard InChI is InChI=1S/C28H39N3O2/c1-27-13-11-19(17-30-33-26(32)31(3)4)16-21(27)7-8-22-24-10-9-23(20-6-5-15-29-18-20)28(24,2)14-12-25(22)27/h5-6,9,15-16,18-19,22,24-25,30H,7-8,10-14,17H2,1-4H3/t19?,22-,24+,25+,27+,28-/m1/s1. The maximum atomic E-state index is 11.7. The summed E-state index contributed by atoms with van der Waals surface area (Å²) in [6.07, 6.45) is 17.4. The number of hydrogen-bond acceptors (Lipinski definition) is 4. The predicted molar refractivity (Wildman–Crippen MR) is 131 cm³/mol. The molecule has 1 amide bonds. The molecular weight excluding hydrogens is 410 g/mol. The lowest BCUT2D eigenvalue weighted by Crippen LogP contribution is -2.50. The van der Waals surface area contributed by atoms with Crippen LogP contribution in [0.4, 0.5) is 4.79 Å². The lowest BCUT2D eigenvalue weighted by atomic mass is 9.46. The SMILES string of the molecule is CN(C)C(=O)ONCC1C=C2CC[C@H]3[C@H](CC[C@]4(C)C(c5cccnc5)=CC[C@@H]34)[C@@]2(C)CC1. The molecule has 2 saturated carbocycles. The van der Waals surface area contributed by atoms with Crippen LogP contribution < -0.4 is 5.48 Å². The van der Waals surface area contributed by atoms with E-state index in [0.717, 1.165) is 24.2 Å². The minimum Gasteiger partial charge on any atom is -0.354 e. The second kappa shape index (κ2) is 8.57. The zero-order chi connectivity index (χ0) is 23.2. The highest BCUT2D eigenvalue weighted by Gasteiger charge is 2.57. The van der Waals surface area contributed by atoms with Crippen molar-refractivity contribution in [1.29, 1.82) is 0 Å². The second-order valence-electron chi connectivity index (χ2n) is 11.5. The maximum Gasteiger partial charge on any atom is 0.428 e. The Morgan fingerprint density at radius 1 is 1.18 bits per heavy atom. The van der Waals surface area contributed by atoms with Gasteiger partial charge in [-0.1, -0.05) is 37.6 Å². The van der Waals surface area contributed by atoms with Crippen molar-refractivity contribution in [2.45, 2.75) is 58.8 Å². The molecule has 1 heterocycles. The number of carbonyl (C=O) groups is 1. The van der Waals surface area contributed by atoms with E-state index >= 15 is 0 Å². The minimum absolute atomic E-state index is 0.291. The van der Waals surface area contributed by atoms with Gasteiger partial charge in [-0.2, -0.15) is 5.48 Å². The van der Waals surface area contributed by atoms with Crippen molar-refractivity contribution in [2.24, 2.45) is 34.5 Å². The lowest BCUT2D eigenvalue weighted by Gasteiger charge is -2.58. The highest BCUT2D eigenvalue weighted by atomic mass is 16.7. The molecule has 1 unspecified atom stereocenters. The van der Waals surface area contributed by atoms with E-state index in [-0.39, 0.29) is 6.09 Å². The van der Waals surface area contributed by atoms with Gasteiger partial charge in [0.05, 0.1) is 0 Å². The molecule has 0 bridgehead atoms. The third kappa shape index (κ3) is 3.82. The topological polar surface area (TPSA) is 54.5 Å². The third-order valence-electron chi connectivity index (χ3n) is 9.63. The molecule has 178 valence electrons. The molecule has 0 aromatic carbocycles. The molecule has 4 aliphatic carbocycles. The molecule has 5 rings (SSSR count). The van der Waals surface area contributed by atoms with E-state index in [4.69, 9.17) is 4.84 Å². The Bertz CT molecular complexity index is 955. The number of nitrogens with one attached hydrogen (secondary N) is 1. The van der Waals surface area contributed by atoms with Crippen LogP contribution in [0, 0.1) is 34.5 Å². The number of carbonyl (C=O) groups excluding carboxylic acids is 1. The van der Waals surface area contributed by atoms with Crippen LogP contribution in [0.5, 0.6) is 0 Å². The summed E-state index contributed by atoms with van der Waals surface area (Å²) in [5.41, 5.74) is 8.07. The molecule has 0 saturated heterocycles. The third-order valence-corrected chi connectivity index (χ3v) is 9.63. The number of hydrogen-bond donors (Lipinski definition) is 1. The number of amides is 1. The molecule has 6 atom stereocenters. The highest BCUT2D eigenvalue weighted by Crippen LogP contribution is 2.66. The van der Waals surface area contributed by atoms with E-state index in [0.29, 0.717) is 23.3 Å². The molecule has 5 heteroatoms. The average Bonchev–Trinajstić information content (AvgIpc) is 3.17. The van der Waals surface area contributed by atoms with E-state index in [2.05, 4.69) is 54.8 Å². The quantitative estimate of drug-likeness (QED) is 0.462. The van der Waals surface area contributed by atoms with Gasteiger partial charge < -0.3 is 9.74 Å². The van der Waals surface area contributed by atoms with Gasteiger partial charge in [-0.3, -0.25) is 4.98 Å². The van der Waals surface area contributed by atoms with Crippen LogP contribution in [-0.2, 0) is 4.84 Å². The Labute approximate surface area is 198 Å². The number of allylic oxidation sites excluding steroid dienone is 3. The second-order valence-corrected chi connectivity index (χ2v) is 11.5. The van der Waals surface area contributed by atoms with Crippen molar-refractivity contribution >= 4 is 11.7 Å². The lowest BCUT2D eigenvalue weighted by molar-refractivity contribution is -0.0252. The molecule has 0 aliphatic heterocycles. The Morgan fingerprint density at radius 2 is 2.00 bits per heavy atom. The number of fused-ring (bicyclic) bond motifs is 5. The van der Waals surface area contributed by atoms with Crippen LogP contribution in [0.2, 0.25) is 0 Å². The molecule has 0 radical (unpaired) electrons. The van der Waals surface area contributed by atoms with Crippen LogP contribution in [-0.4, -0.2) is 36.6 Å². The van der Waals surface area contributed by atoms with E-state index in [9.17, 15) is 4.79 Å². The number of rotatable bonds is 4. The average molecular weight is 450 g/mol. The summed E-state index contributed by atoms with van der Waals surface area (Å²) in [6, 6.07) is 4.32. The summed E-state index contributed by atoms with van der Waals surface area (Å²) in [5.74, 6) is 2.80. The molecule has 2 fully saturated rings. The van der Waals surface area contributed by atoms with Gasteiger partial charge in [-0.05, 0) is 96.7 Å². The fourth-order valence-corrected chi connectivity index (χ4v) is 7.80. The molecule has 1 aromatic rings. The summed E-state index contributed by atoms with van der Waals surface area (Å²) in [7, 11) is 3.40. The van der Waals surface area contributed by atoms with Crippen molar-refractivity contribution < 1.29 is 9.63 Å². The van der Waals surface area contributed by atoms with Crippen molar-refractivity contribution in [2.75, 3.05) is 20.6 Å². The Hall–Kier alpha value is -2.14. The van der Waals surface area contributed by atoms with Crippen molar-refractivity contribution in [3.63, 3.8) is 0 Å². The molecule has 33 heavy (non-hydrogen) atoms. The van der Waals surface area contributed by atoms with Gasteiger partial charge in [0.25, 0.3) is 0 Å². The first-order valence-electron chi connectivity index (χ1n) is 12.8. The van der Waals surface area contributed by atoms with E-state index in [1.54, 1.807) is 25.2 Å². The fraction of sp³-hybridized carbons (Fsp3) is 0.643. The summed E-state index contributed by atoms with van der Waals surface area (Å²) in [4.78, 5) is 22.7. The number of hydroxylamine groups is 1. The van der Waals surface area contributed by atoms with E-state index in [1.807, 2.05) is 6.20 Å². The predicted octanol–water partition coefficient (Wildman–Crippen LogP) is 5.86. The van der Waals surface area contributed by atoms with Gasteiger partial charge in [-0.15, -0.1) is 0 Å². The maximum absolute atomic E-state index is 11.7. The van der Waals surface area contributed by atoms with Crippen LogP contribution in [0.1, 0.15) is 64.4 Å². The monoisotopic (exact) mass is 449 g/mol. The molecule has 5 nitrogen and oxygen atoms in total. The number of pyridine rings is 1. The first kappa shape index (κ1) is 22.6. The van der Waals surface area contributed by atoms with Gasteiger partial charge in [0, 0.05) is 33.0 Å². The van der Waals surface area contributed by atoms with Crippen molar-refractivity contribution in [3.8, 4) is 0 Å². The van der Waals surface area contributed by atoms with Crippen molar-refractivity contribution in [1.82, 2.24) is 15.4 Å². The molecule has 1 N–H and O–H groups in total. The molecule has 1 aromatic heterocycles. The fourth-order valence-electron chi connectivity index (χ4n) is 7.80. The number of nitrogens with zero attached hydrogens (tertiary/aromatic N) is 2. The Balaban J connectivity index is 1.29. The first-order chi connectivity index (χ1) is 15.8. The van der Waals surface area contributed by atoms with E-state index in [1.165, 1.54) is 49.0 Å². The highest BCUT2D eigenvalue weighted by molar-refractivity contribution is 5.72. The Morgan fingerprint density at radius 3 is 2.76 bits per heavy atom. The van der Waals surface area contributed by atoms with Gasteiger partial charge in [0.2, 0.25) is 0 Å². The van der Waals surface area contributed by atoms with Gasteiger partial charge in [-0.25, -0.2) is 4.79 Å². The molecule has 0 spiro atoms. The van der Waals surface area contributed by atoms with E-state index < -0.39 is 0 Å². The normalized spacial score (nSPS) is 37.2. The van der Waals surface area contributed by atoms with Gasteiger partial charge >= 0.3 is 6.09 Å². The summed E-state index contributed by atoms with van der Waals surface area (Å²) < 4.78 is 0. The smallest absolute Gasteiger partial charge is 0.354 e. The minimum atomic E-state index is -0.343. The van der Waals surface area contributed by atoms with Gasteiger partial charge in [0.1, 0.15) is 0 Å². The number of aromatic nitrogens is 1. The summed E-state index contributed by atoms with van der Waals surface area (Å²) in [6.45, 7) is 5.79. The van der Waals surface area contributed by atoms with Crippen LogP contribution in [0.15, 0.2) is 42.3 Å². The van der Waals surface area contributed by atoms with Crippen molar-refractivity contribution in [3.05, 3.63) is 47.8 Å².